The molecule has 5 rings (SSSR count). The van der Waals surface area contributed by atoms with Gasteiger partial charge in [0.2, 0.25) is 4.96 Å². The summed E-state index contributed by atoms with van der Waals surface area (Å²) < 4.78 is 51.3. The maximum Gasteiger partial charge on any atom is 0.433 e. The van der Waals surface area contributed by atoms with Gasteiger partial charge in [-0.2, -0.15) is 18.2 Å². The van der Waals surface area contributed by atoms with E-state index < -0.39 is 11.9 Å². The molecule has 0 spiro atoms. The molecule has 0 aromatic carbocycles. The second-order valence-electron chi connectivity index (χ2n) is 8.89. The molecule has 0 radical (unpaired) electrons. The van der Waals surface area contributed by atoms with Crippen LogP contribution in [-0.4, -0.2) is 48.9 Å². The van der Waals surface area contributed by atoms with Crippen LogP contribution in [0.3, 0.4) is 0 Å². The van der Waals surface area contributed by atoms with Crippen molar-refractivity contribution in [1.29, 1.82) is 0 Å². The van der Waals surface area contributed by atoms with Crippen molar-refractivity contribution in [2.75, 3.05) is 18.0 Å². The summed E-state index contributed by atoms with van der Waals surface area (Å²) in [5.74, 6) is 1.29. The van der Waals surface area contributed by atoms with Crippen molar-refractivity contribution in [2.24, 2.45) is 5.92 Å². The quantitative estimate of drug-likeness (QED) is 0.357. The predicted octanol–water partition coefficient (Wildman–Crippen LogP) is 5.06. The molecule has 1 aliphatic heterocycles. The first kappa shape index (κ1) is 23.5. The van der Waals surface area contributed by atoms with Gasteiger partial charge in [0.15, 0.2) is 5.82 Å². The summed E-state index contributed by atoms with van der Waals surface area (Å²) in [6.45, 7) is 7.71. The van der Waals surface area contributed by atoms with E-state index in [2.05, 4.69) is 30.1 Å². The molecule has 1 atom stereocenters. The van der Waals surface area contributed by atoms with Crippen LogP contribution in [-0.2, 0) is 6.18 Å². The van der Waals surface area contributed by atoms with Crippen molar-refractivity contribution in [3.63, 3.8) is 0 Å². The molecule has 0 unspecified atom stereocenters. The molecule has 1 saturated heterocycles. The van der Waals surface area contributed by atoms with Gasteiger partial charge in [0, 0.05) is 30.8 Å². The minimum Gasteiger partial charge on any atom is -0.466 e. The first-order chi connectivity index (χ1) is 16.7. The van der Waals surface area contributed by atoms with Gasteiger partial charge in [-0.25, -0.2) is 9.50 Å². The molecule has 0 amide bonds. The van der Waals surface area contributed by atoms with Gasteiger partial charge >= 0.3 is 12.2 Å². The van der Waals surface area contributed by atoms with Crippen molar-refractivity contribution in [2.45, 2.75) is 51.8 Å². The summed E-state index contributed by atoms with van der Waals surface area (Å²) in [4.78, 5) is 15.1. The van der Waals surface area contributed by atoms with E-state index in [0.29, 0.717) is 39.2 Å². The van der Waals surface area contributed by atoms with E-state index >= 15 is 0 Å². The number of imidazole rings is 1. The summed E-state index contributed by atoms with van der Waals surface area (Å²) in [6.07, 6.45) is 0.155. The smallest absolute Gasteiger partial charge is 0.433 e. The van der Waals surface area contributed by atoms with Gasteiger partial charge in [-0.05, 0) is 49.2 Å². The number of fused-ring (bicyclic) bond motifs is 1. The number of rotatable bonds is 6. The number of pyridine rings is 1. The topological polar surface area (TPSA) is 94.5 Å². The Bertz CT molecular complexity index is 1260. The molecular formula is C22H24F3N7O2S. The number of hydrogen-bond donors (Lipinski definition) is 0. The van der Waals surface area contributed by atoms with E-state index in [1.807, 2.05) is 20.8 Å². The third-order valence-corrected chi connectivity index (χ3v) is 6.90. The summed E-state index contributed by atoms with van der Waals surface area (Å²) in [7, 11) is 0. The van der Waals surface area contributed by atoms with Crippen LogP contribution in [0.5, 0.6) is 5.19 Å². The number of nitrogens with zero attached hydrogens (tertiary/aromatic N) is 7. The average Bonchev–Trinajstić information content (AvgIpc) is 3.54. The zero-order chi connectivity index (χ0) is 24.7. The van der Waals surface area contributed by atoms with Crippen molar-refractivity contribution < 1.29 is 22.4 Å². The first-order valence-electron chi connectivity index (χ1n) is 11.3. The summed E-state index contributed by atoms with van der Waals surface area (Å²) in [6, 6.07) is 2.87. The predicted molar refractivity (Wildman–Crippen MR) is 123 cm³/mol. The van der Waals surface area contributed by atoms with Crippen LogP contribution in [0, 0.1) is 5.92 Å². The highest BCUT2D eigenvalue weighted by atomic mass is 32.1. The van der Waals surface area contributed by atoms with Crippen molar-refractivity contribution in [1.82, 2.24) is 29.7 Å². The normalized spacial score (nSPS) is 16.4. The summed E-state index contributed by atoms with van der Waals surface area (Å²) in [5.41, 5.74) is 0.0481. The van der Waals surface area contributed by atoms with Crippen LogP contribution in [0.15, 0.2) is 29.0 Å². The Balaban J connectivity index is 1.19. The Kier molecular flexibility index (Phi) is 6.11. The van der Waals surface area contributed by atoms with Crippen LogP contribution in [0.1, 0.15) is 51.0 Å². The SMILES string of the molecule is CC(C)c1noc(N2CCC([C@@H](C)Oc3nn4cc(-c5ccc(C(F)(F)F)nc5)nc4s3)CC2)n1. The molecule has 0 aliphatic carbocycles. The number of piperidine rings is 1. The summed E-state index contributed by atoms with van der Waals surface area (Å²) >= 11 is 1.29. The number of halogens is 3. The van der Waals surface area contributed by atoms with Crippen LogP contribution < -0.4 is 9.64 Å². The number of alkyl halides is 3. The molecule has 186 valence electrons. The molecule has 35 heavy (non-hydrogen) atoms. The molecule has 4 aromatic heterocycles. The fourth-order valence-corrected chi connectivity index (χ4v) is 4.80. The van der Waals surface area contributed by atoms with Crippen LogP contribution >= 0.6 is 11.3 Å². The van der Waals surface area contributed by atoms with Crippen molar-refractivity contribution >= 4 is 22.3 Å². The number of anilines is 1. The number of aromatic nitrogens is 6. The van der Waals surface area contributed by atoms with E-state index in [4.69, 9.17) is 9.26 Å². The van der Waals surface area contributed by atoms with E-state index in [0.717, 1.165) is 32.0 Å². The lowest BCUT2D eigenvalue weighted by Gasteiger charge is -2.33. The third kappa shape index (κ3) is 4.95. The van der Waals surface area contributed by atoms with Crippen molar-refractivity contribution in [3.05, 3.63) is 36.0 Å². The van der Waals surface area contributed by atoms with Gasteiger partial charge in [0.1, 0.15) is 11.8 Å². The Morgan fingerprint density at radius 3 is 2.51 bits per heavy atom. The Hall–Kier alpha value is -3.22. The van der Waals surface area contributed by atoms with Gasteiger partial charge in [-0.1, -0.05) is 19.0 Å². The Morgan fingerprint density at radius 2 is 1.91 bits per heavy atom. The minimum atomic E-state index is -4.47. The highest BCUT2D eigenvalue weighted by molar-refractivity contribution is 7.18. The Labute approximate surface area is 202 Å². The zero-order valence-electron chi connectivity index (χ0n) is 19.4. The maximum atomic E-state index is 12.7. The Morgan fingerprint density at radius 1 is 1.14 bits per heavy atom. The molecule has 0 bridgehead atoms. The van der Waals surface area contributed by atoms with E-state index in [1.165, 1.54) is 23.6 Å². The van der Waals surface area contributed by atoms with Crippen LogP contribution in [0.4, 0.5) is 19.2 Å². The zero-order valence-corrected chi connectivity index (χ0v) is 20.2. The van der Waals surface area contributed by atoms with Crippen LogP contribution in [0.2, 0.25) is 0 Å². The van der Waals surface area contributed by atoms with Crippen LogP contribution in [0.25, 0.3) is 16.2 Å². The van der Waals surface area contributed by atoms with Crippen molar-refractivity contribution in [3.8, 4) is 16.5 Å². The fraction of sp³-hybridized carbons (Fsp3) is 0.500. The fourth-order valence-electron chi connectivity index (χ4n) is 3.99. The second-order valence-corrected chi connectivity index (χ2v) is 9.81. The average molecular weight is 508 g/mol. The summed E-state index contributed by atoms with van der Waals surface area (Å²) in [5, 5.41) is 8.98. The molecule has 1 fully saturated rings. The number of hydrogen-bond acceptors (Lipinski definition) is 9. The molecule has 0 saturated carbocycles. The molecule has 1 aliphatic rings. The van der Waals surface area contributed by atoms with Gasteiger partial charge in [-0.3, -0.25) is 4.98 Å². The third-order valence-electron chi connectivity index (χ3n) is 6.08. The first-order valence-corrected chi connectivity index (χ1v) is 12.1. The standard InChI is InChI=1S/C22H24F3N7O2S/c1-12(2)18-28-19(34-30-18)31-8-6-14(7-9-31)13(3)33-21-29-32-11-16(27-20(32)35-21)15-4-5-17(26-10-15)22(23,24)25/h4-5,10-14H,6-9H2,1-3H3/t13-/m1/s1. The van der Waals surface area contributed by atoms with E-state index in [1.54, 1.807) is 10.7 Å². The van der Waals surface area contributed by atoms with Gasteiger partial charge < -0.3 is 14.2 Å². The van der Waals surface area contributed by atoms with Gasteiger partial charge in [-0.15, -0.1) is 5.10 Å². The lowest BCUT2D eigenvalue weighted by molar-refractivity contribution is -0.141. The molecule has 13 heteroatoms. The molecule has 0 N–H and O–H groups in total. The monoisotopic (exact) mass is 507 g/mol. The molecule has 5 heterocycles. The van der Waals surface area contributed by atoms with E-state index in [-0.39, 0.29) is 12.0 Å². The highest BCUT2D eigenvalue weighted by Gasteiger charge is 2.32. The second kappa shape index (κ2) is 9.10. The minimum absolute atomic E-state index is 0.0412. The lowest BCUT2D eigenvalue weighted by Crippen LogP contribution is -2.38. The molecule has 4 aromatic rings. The highest BCUT2D eigenvalue weighted by Crippen LogP contribution is 2.32. The maximum absolute atomic E-state index is 12.7. The lowest BCUT2D eigenvalue weighted by atomic mass is 9.92. The van der Waals surface area contributed by atoms with Gasteiger partial charge in [0.05, 0.1) is 11.9 Å². The van der Waals surface area contributed by atoms with E-state index in [9.17, 15) is 13.2 Å². The molecule has 9 nitrogen and oxygen atoms in total. The largest absolute Gasteiger partial charge is 0.466 e. The number of ether oxygens (including phenoxy) is 1. The molecular weight excluding hydrogens is 483 g/mol. The van der Waals surface area contributed by atoms with Gasteiger partial charge in [0.25, 0.3) is 5.19 Å².